The fourth-order valence-corrected chi connectivity index (χ4v) is 1.99. The number of hydrogen-bond donors (Lipinski definition) is 1. The zero-order valence-corrected chi connectivity index (χ0v) is 13.0. The first-order valence-corrected chi connectivity index (χ1v) is 7.22. The van der Waals surface area contributed by atoms with E-state index in [-0.39, 0.29) is 11.9 Å². The highest BCUT2D eigenvalue weighted by Gasteiger charge is 2.17. The Bertz CT molecular complexity index is 608. The maximum Gasteiger partial charge on any atom is 0.249 e. The first-order valence-electron chi connectivity index (χ1n) is 6.84. The van der Waals surface area contributed by atoms with E-state index in [1.807, 2.05) is 32.9 Å². The van der Waals surface area contributed by atoms with Gasteiger partial charge in [-0.3, -0.25) is 4.79 Å². The quantitative estimate of drug-likeness (QED) is 0.916. The fraction of sp³-hybridized carbons (Fsp3) is 0.400. The SMILES string of the molecule is CC(C)CC(=O)N[C@@H](C)c1nc(-c2ccc(Cl)cc2)no1. The van der Waals surface area contributed by atoms with E-state index in [2.05, 4.69) is 15.5 Å². The molecular weight excluding hydrogens is 290 g/mol. The number of hydrogen-bond acceptors (Lipinski definition) is 4. The summed E-state index contributed by atoms with van der Waals surface area (Å²) in [4.78, 5) is 16.0. The molecule has 0 aliphatic rings. The van der Waals surface area contributed by atoms with Crippen LogP contribution in [0.2, 0.25) is 5.02 Å². The van der Waals surface area contributed by atoms with Crippen molar-refractivity contribution in [2.24, 2.45) is 5.92 Å². The van der Waals surface area contributed by atoms with Gasteiger partial charge in [0.2, 0.25) is 17.6 Å². The number of aromatic nitrogens is 2. The number of halogens is 1. The van der Waals surface area contributed by atoms with Crippen molar-refractivity contribution in [2.75, 3.05) is 0 Å². The molecule has 0 aliphatic carbocycles. The maximum absolute atomic E-state index is 11.7. The molecule has 0 unspecified atom stereocenters. The van der Waals surface area contributed by atoms with Crippen molar-refractivity contribution in [1.29, 1.82) is 0 Å². The van der Waals surface area contributed by atoms with E-state index >= 15 is 0 Å². The van der Waals surface area contributed by atoms with Gasteiger partial charge in [0.15, 0.2) is 0 Å². The van der Waals surface area contributed by atoms with Crippen molar-refractivity contribution < 1.29 is 9.32 Å². The van der Waals surface area contributed by atoms with Crippen LogP contribution in [0.5, 0.6) is 0 Å². The molecule has 0 aliphatic heterocycles. The molecule has 1 N–H and O–H groups in total. The molecule has 0 saturated heterocycles. The second kappa shape index (κ2) is 6.72. The summed E-state index contributed by atoms with van der Waals surface area (Å²) in [6.07, 6.45) is 0.475. The van der Waals surface area contributed by atoms with E-state index in [0.29, 0.717) is 29.1 Å². The molecule has 0 saturated carbocycles. The highest BCUT2D eigenvalue weighted by Crippen LogP contribution is 2.20. The third-order valence-electron chi connectivity index (χ3n) is 2.89. The van der Waals surface area contributed by atoms with E-state index in [0.717, 1.165) is 5.56 Å². The molecule has 1 aromatic carbocycles. The molecule has 112 valence electrons. The van der Waals surface area contributed by atoms with Crippen LogP contribution in [0.15, 0.2) is 28.8 Å². The Hall–Kier alpha value is -1.88. The number of carbonyl (C=O) groups is 1. The van der Waals surface area contributed by atoms with Crippen LogP contribution in [-0.4, -0.2) is 16.0 Å². The maximum atomic E-state index is 11.7. The molecule has 5 nitrogen and oxygen atoms in total. The summed E-state index contributed by atoms with van der Waals surface area (Å²) in [5.74, 6) is 1.15. The van der Waals surface area contributed by atoms with Gasteiger partial charge in [0.25, 0.3) is 0 Å². The van der Waals surface area contributed by atoms with E-state index in [9.17, 15) is 4.79 Å². The van der Waals surface area contributed by atoms with Gasteiger partial charge in [-0.05, 0) is 37.1 Å². The van der Waals surface area contributed by atoms with Crippen molar-refractivity contribution in [3.05, 3.63) is 35.2 Å². The van der Waals surface area contributed by atoms with Crippen LogP contribution < -0.4 is 5.32 Å². The summed E-state index contributed by atoms with van der Waals surface area (Å²) in [6, 6.07) is 6.85. The van der Waals surface area contributed by atoms with Crippen LogP contribution in [0.1, 0.15) is 39.1 Å². The van der Waals surface area contributed by atoms with E-state index < -0.39 is 0 Å². The van der Waals surface area contributed by atoms with Gasteiger partial charge in [0.1, 0.15) is 6.04 Å². The fourth-order valence-electron chi connectivity index (χ4n) is 1.86. The van der Waals surface area contributed by atoms with Crippen LogP contribution in [0.25, 0.3) is 11.4 Å². The molecule has 0 spiro atoms. The number of nitrogens with one attached hydrogen (secondary N) is 1. The van der Waals surface area contributed by atoms with Gasteiger partial charge in [-0.15, -0.1) is 0 Å². The minimum absolute atomic E-state index is 0.0243. The number of nitrogens with zero attached hydrogens (tertiary/aromatic N) is 2. The topological polar surface area (TPSA) is 68.0 Å². The number of benzene rings is 1. The van der Waals surface area contributed by atoms with Gasteiger partial charge >= 0.3 is 0 Å². The molecule has 0 radical (unpaired) electrons. The average Bonchev–Trinajstić information content (AvgIpc) is 2.88. The van der Waals surface area contributed by atoms with Crippen LogP contribution in [0.3, 0.4) is 0 Å². The Kier molecular flexibility index (Phi) is 4.96. The lowest BCUT2D eigenvalue weighted by molar-refractivity contribution is -0.122. The minimum atomic E-state index is -0.315. The second-order valence-electron chi connectivity index (χ2n) is 5.35. The van der Waals surface area contributed by atoms with Crippen molar-refractivity contribution in [3.63, 3.8) is 0 Å². The van der Waals surface area contributed by atoms with Crippen LogP contribution in [0, 0.1) is 5.92 Å². The summed E-state index contributed by atoms with van der Waals surface area (Å²) >= 11 is 5.84. The van der Waals surface area contributed by atoms with Crippen molar-refractivity contribution in [1.82, 2.24) is 15.5 Å². The number of carbonyl (C=O) groups excluding carboxylic acids is 1. The Morgan fingerprint density at radius 2 is 1.95 bits per heavy atom. The van der Waals surface area contributed by atoms with E-state index in [4.69, 9.17) is 16.1 Å². The Labute approximate surface area is 128 Å². The summed E-state index contributed by atoms with van der Waals surface area (Å²) in [5.41, 5.74) is 0.815. The highest BCUT2D eigenvalue weighted by atomic mass is 35.5. The average molecular weight is 308 g/mol. The molecule has 6 heteroatoms. The Morgan fingerprint density at radius 3 is 2.57 bits per heavy atom. The van der Waals surface area contributed by atoms with E-state index in [1.165, 1.54) is 0 Å². The van der Waals surface area contributed by atoms with Crippen LogP contribution >= 0.6 is 11.6 Å². The molecule has 1 amide bonds. The molecule has 0 fully saturated rings. The lowest BCUT2D eigenvalue weighted by Gasteiger charge is -2.10. The lowest BCUT2D eigenvalue weighted by atomic mass is 10.1. The van der Waals surface area contributed by atoms with Gasteiger partial charge in [0, 0.05) is 17.0 Å². The molecule has 1 heterocycles. The summed E-state index contributed by atoms with van der Waals surface area (Å²) < 4.78 is 5.21. The highest BCUT2D eigenvalue weighted by molar-refractivity contribution is 6.30. The van der Waals surface area contributed by atoms with Gasteiger partial charge in [-0.25, -0.2) is 0 Å². The molecule has 2 rings (SSSR count). The van der Waals surface area contributed by atoms with Crippen molar-refractivity contribution in [2.45, 2.75) is 33.2 Å². The van der Waals surface area contributed by atoms with Crippen LogP contribution in [-0.2, 0) is 4.79 Å². The van der Waals surface area contributed by atoms with Crippen molar-refractivity contribution in [3.8, 4) is 11.4 Å². The van der Waals surface area contributed by atoms with Crippen molar-refractivity contribution >= 4 is 17.5 Å². The zero-order chi connectivity index (χ0) is 15.4. The molecule has 1 atom stereocenters. The monoisotopic (exact) mass is 307 g/mol. The van der Waals surface area contributed by atoms with Gasteiger partial charge in [-0.1, -0.05) is 30.6 Å². The smallest absolute Gasteiger partial charge is 0.249 e. The van der Waals surface area contributed by atoms with Gasteiger partial charge < -0.3 is 9.84 Å². The van der Waals surface area contributed by atoms with E-state index in [1.54, 1.807) is 12.1 Å². The largest absolute Gasteiger partial charge is 0.345 e. The zero-order valence-electron chi connectivity index (χ0n) is 12.3. The molecule has 21 heavy (non-hydrogen) atoms. The third kappa shape index (κ3) is 4.29. The molecular formula is C15H18ClN3O2. The van der Waals surface area contributed by atoms with Gasteiger partial charge in [-0.2, -0.15) is 4.98 Å². The van der Waals surface area contributed by atoms with Crippen LogP contribution in [0.4, 0.5) is 0 Å². The molecule has 1 aromatic heterocycles. The predicted octanol–water partition coefficient (Wildman–Crippen LogP) is 3.61. The Balaban J connectivity index is 2.05. The summed E-state index contributed by atoms with van der Waals surface area (Å²) in [5, 5.41) is 7.42. The third-order valence-corrected chi connectivity index (χ3v) is 3.14. The summed E-state index contributed by atoms with van der Waals surface area (Å²) in [6.45, 7) is 5.81. The predicted molar refractivity (Wildman–Crippen MR) is 80.8 cm³/mol. The lowest BCUT2D eigenvalue weighted by Crippen LogP contribution is -2.27. The second-order valence-corrected chi connectivity index (χ2v) is 5.79. The number of rotatable bonds is 5. The molecule has 0 bridgehead atoms. The minimum Gasteiger partial charge on any atom is -0.345 e. The van der Waals surface area contributed by atoms with Gasteiger partial charge in [0.05, 0.1) is 0 Å². The first kappa shape index (κ1) is 15.5. The number of amides is 1. The summed E-state index contributed by atoms with van der Waals surface area (Å²) in [7, 11) is 0. The first-order chi connectivity index (χ1) is 9.95. The normalized spacial score (nSPS) is 12.4. The Morgan fingerprint density at radius 1 is 1.29 bits per heavy atom. The standard InChI is InChI=1S/C15H18ClN3O2/c1-9(2)8-13(20)17-10(3)15-18-14(19-21-15)11-4-6-12(16)7-5-11/h4-7,9-10H,8H2,1-3H3,(H,17,20)/t10-/m0/s1. The molecule has 2 aromatic rings.